The minimum Gasteiger partial charge on any atom is -0.391 e. The second-order valence-electron chi connectivity index (χ2n) is 7.14. The molecule has 4 rings (SSSR count). The zero-order valence-corrected chi connectivity index (χ0v) is 15.2. The molecule has 1 aromatic carbocycles. The number of carbonyl (C=O) groups excluding carboxylic acids is 1. The van der Waals surface area contributed by atoms with Crippen LogP contribution in [0.2, 0.25) is 0 Å². The molecule has 2 N–H and O–H groups in total. The van der Waals surface area contributed by atoms with Crippen molar-refractivity contribution in [3.05, 3.63) is 54.4 Å². The van der Waals surface area contributed by atoms with E-state index < -0.39 is 6.10 Å². The molecule has 2 atom stereocenters. The van der Waals surface area contributed by atoms with Crippen LogP contribution in [0.15, 0.2) is 48.8 Å². The molecule has 1 aliphatic heterocycles. The fourth-order valence-electron chi connectivity index (χ4n) is 3.75. The van der Waals surface area contributed by atoms with Gasteiger partial charge in [-0.3, -0.25) is 19.4 Å². The Morgan fingerprint density at radius 3 is 2.93 bits per heavy atom. The van der Waals surface area contributed by atoms with Crippen molar-refractivity contribution in [3.8, 4) is 0 Å². The number of β-amino-alcohol motifs (C(OH)–C–C–N with tert-alkyl or cyclic N) is 1. The Bertz CT molecular complexity index is 949. The number of nitrogens with one attached hydrogen (secondary N) is 1. The second-order valence-corrected chi connectivity index (χ2v) is 7.14. The van der Waals surface area contributed by atoms with Crippen molar-refractivity contribution in [2.75, 3.05) is 25.0 Å². The van der Waals surface area contributed by atoms with E-state index in [1.54, 1.807) is 24.0 Å². The maximum Gasteiger partial charge on any atom is 0.239 e. The molecular weight excluding hydrogens is 342 g/mol. The predicted octanol–water partition coefficient (Wildman–Crippen LogP) is 1.44. The molecule has 1 aliphatic rings. The van der Waals surface area contributed by atoms with Gasteiger partial charge in [0, 0.05) is 49.9 Å². The molecular formula is C20H23N5O2. The third kappa shape index (κ3) is 3.99. The molecule has 7 heteroatoms. The number of nitrogens with zero attached hydrogens (tertiary/aromatic N) is 4. The molecule has 1 fully saturated rings. The van der Waals surface area contributed by atoms with Gasteiger partial charge in [-0.1, -0.05) is 18.2 Å². The summed E-state index contributed by atoms with van der Waals surface area (Å²) in [4.78, 5) is 18.6. The number of hydrogen-bond donors (Lipinski definition) is 2. The van der Waals surface area contributed by atoms with Gasteiger partial charge in [0.15, 0.2) is 5.82 Å². The Balaban J connectivity index is 1.38. The van der Waals surface area contributed by atoms with Crippen LogP contribution in [0.1, 0.15) is 5.56 Å². The molecule has 3 heterocycles. The van der Waals surface area contributed by atoms with Gasteiger partial charge in [-0.2, -0.15) is 5.10 Å². The van der Waals surface area contributed by atoms with Gasteiger partial charge in [0.05, 0.1) is 18.2 Å². The van der Waals surface area contributed by atoms with Crippen molar-refractivity contribution in [1.82, 2.24) is 19.7 Å². The Kier molecular flexibility index (Phi) is 4.87. The fourth-order valence-corrected chi connectivity index (χ4v) is 3.75. The highest BCUT2D eigenvalue weighted by molar-refractivity contribution is 5.91. The lowest BCUT2D eigenvalue weighted by Gasteiger charge is -2.16. The van der Waals surface area contributed by atoms with E-state index >= 15 is 0 Å². The van der Waals surface area contributed by atoms with Crippen molar-refractivity contribution in [2.24, 2.45) is 13.0 Å². The van der Waals surface area contributed by atoms with Crippen LogP contribution < -0.4 is 5.32 Å². The Hall–Kier alpha value is -2.77. The highest BCUT2D eigenvalue weighted by Gasteiger charge is 2.32. The fraction of sp³-hybridized carbons (Fsp3) is 0.350. The number of hydrogen-bond acceptors (Lipinski definition) is 5. The molecule has 0 saturated carbocycles. The third-order valence-corrected chi connectivity index (χ3v) is 5.05. The summed E-state index contributed by atoms with van der Waals surface area (Å²) in [6.45, 7) is 1.44. The van der Waals surface area contributed by atoms with Gasteiger partial charge < -0.3 is 10.4 Å². The van der Waals surface area contributed by atoms with Crippen LogP contribution in [0.25, 0.3) is 10.9 Å². The van der Waals surface area contributed by atoms with E-state index in [9.17, 15) is 9.90 Å². The average molecular weight is 365 g/mol. The number of fused-ring (bicyclic) bond motifs is 1. The number of pyridine rings is 1. The van der Waals surface area contributed by atoms with E-state index in [0.29, 0.717) is 18.9 Å². The zero-order chi connectivity index (χ0) is 18.8. The summed E-state index contributed by atoms with van der Waals surface area (Å²) in [5.41, 5.74) is 2.15. The van der Waals surface area contributed by atoms with Crippen LogP contribution in [0.3, 0.4) is 0 Å². The van der Waals surface area contributed by atoms with Crippen LogP contribution in [0, 0.1) is 5.92 Å². The minimum atomic E-state index is -0.445. The summed E-state index contributed by atoms with van der Waals surface area (Å²) < 4.78 is 1.64. The van der Waals surface area contributed by atoms with E-state index in [0.717, 1.165) is 17.3 Å². The van der Waals surface area contributed by atoms with Gasteiger partial charge in [-0.25, -0.2) is 0 Å². The first kappa shape index (κ1) is 17.6. The maximum atomic E-state index is 12.2. The smallest absolute Gasteiger partial charge is 0.239 e. The van der Waals surface area contributed by atoms with Crippen molar-refractivity contribution in [2.45, 2.75) is 12.5 Å². The van der Waals surface area contributed by atoms with E-state index in [1.807, 2.05) is 35.4 Å². The number of rotatable bonds is 5. The molecule has 0 radical (unpaired) electrons. The van der Waals surface area contributed by atoms with Crippen LogP contribution in [-0.2, 0) is 18.3 Å². The van der Waals surface area contributed by atoms with Gasteiger partial charge in [-0.05, 0) is 24.1 Å². The van der Waals surface area contributed by atoms with Gasteiger partial charge in [0.2, 0.25) is 5.91 Å². The molecule has 1 saturated heterocycles. The quantitative estimate of drug-likeness (QED) is 0.715. The number of aryl methyl sites for hydroxylation is 1. The first-order valence-electron chi connectivity index (χ1n) is 9.11. The molecule has 2 aromatic heterocycles. The monoisotopic (exact) mass is 365 g/mol. The third-order valence-electron chi connectivity index (χ3n) is 5.05. The topological polar surface area (TPSA) is 83.3 Å². The summed E-state index contributed by atoms with van der Waals surface area (Å²) in [6, 6.07) is 11.8. The van der Waals surface area contributed by atoms with Crippen LogP contribution in [0.4, 0.5) is 5.82 Å². The number of likely N-dealkylation sites (tertiary alicyclic amines) is 1. The van der Waals surface area contributed by atoms with Gasteiger partial charge in [0.1, 0.15) is 0 Å². The minimum absolute atomic E-state index is 0.0958. The summed E-state index contributed by atoms with van der Waals surface area (Å²) >= 11 is 0. The molecule has 0 aliphatic carbocycles. The number of aliphatic hydroxyl groups excluding tert-OH is 1. The lowest BCUT2D eigenvalue weighted by molar-refractivity contribution is -0.117. The second kappa shape index (κ2) is 7.46. The van der Waals surface area contributed by atoms with E-state index in [1.165, 1.54) is 5.56 Å². The Labute approximate surface area is 157 Å². The number of benzene rings is 1. The zero-order valence-electron chi connectivity index (χ0n) is 15.2. The summed E-state index contributed by atoms with van der Waals surface area (Å²) in [7, 11) is 1.81. The molecule has 0 spiro atoms. The van der Waals surface area contributed by atoms with Crippen molar-refractivity contribution >= 4 is 22.6 Å². The van der Waals surface area contributed by atoms with Crippen molar-refractivity contribution in [3.63, 3.8) is 0 Å². The summed E-state index contributed by atoms with van der Waals surface area (Å²) in [5, 5.41) is 18.6. The molecule has 7 nitrogen and oxygen atoms in total. The predicted molar refractivity (Wildman–Crippen MR) is 103 cm³/mol. The molecule has 0 unspecified atom stereocenters. The van der Waals surface area contributed by atoms with Crippen LogP contribution in [0.5, 0.6) is 0 Å². The van der Waals surface area contributed by atoms with Crippen LogP contribution >= 0.6 is 0 Å². The van der Waals surface area contributed by atoms with Gasteiger partial charge in [-0.15, -0.1) is 0 Å². The highest BCUT2D eigenvalue weighted by Crippen LogP contribution is 2.25. The number of aromatic nitrogens is 3. The average Bonchev–Trinajstić information content (AvgIpc) is 3.20. The van der Waals surface area contributed by atoms with E-state index in [-0.39, 0.29) is 18.4 Å². The molecule has 0 bridgehead atoms. The summed E-state index contributed by atoms with van der Waals surface area (Å²) in [6.07, 6.45) is 3.92. The Morgan fingerprint density at radius 2 is 2.11 bits per heavy atom. The lowest BCUT2D eigenvalue weighted by Crippen LogP contribution is -2.32. The first-order valence-corrected chi connectivity index (χ1v) is 9.11. The number of para-hydroxylation sites is 1. The number of anilines is 1. The van der Waals surface area contributed by atoms with E-state index in [4.69, 9.17) is 0 Å². The maximum absolute atomic E-state index is 12.2. The molecule has 27 heavy (non-hydrogen) atoms. The standard InChI is InChI=1S/C20H23N5O2/c1-24-9-7-19(23-24)22-20(27)13-25-11-15(18(26)12-25)10-14-6-8-21-17-5-3-2-4-16(14)17/h2-9,15,18,26H,10-13H2,1H3,(H,22,23,27)/t15-,18+/m1/s1. The van der Waals surface area contributed by atoms with Gasteiger partial charge in [0.25, 0.3) is 0 Å². The van der Waals surface area contributed by atoms with Crippen molar-refractivity contribution in [1.29, 1.82) is 0 Å². The molecule has 140 valence electrons. The lowest BCUT2D eigenvalue weighted by atomic mass is 9.94. The van der Waals surface area contributed by atoms with Crippen molar-refractivity contribution < 1.29 is 9.90 Å². The van der Waals surface area contributed by atoms with E-state index in [2.05, 4.69) is 21.5 Å². The normalized spacial score (nSPS) is 20.2. The largest absolute Gasteiger partial charge is 0.391 e. The highest BCUT2D eigenvalue weighted by atomic mass is 16.3. The first-order chi connectivity index (χ1) is 13.1. The molecule has 3 aromatic rings. The number of aliphatic hydroxyl groups is 1. The van der Waals surface area contributed by atoms with Gasteiger partial charge >= 0.3 is 0 Å². The number of carbonyl (C=O) groups is 1. The van der Waals surface area contributed by atoms with Crippen LogP contribution in [-0.4, -0.2) is 56.4 Å². The number of amides is 1. The summed E-state index contributed by atoms with van der Waals surface area (Å²) in [5.74, 6) is 0.524. The SMILES string of the molecule is Cn1ccc(NC(=O)CN2C[C@@H](Cc3ccnc4ccccc34)[C@@H](O)C2)n1. The molecule has 1 amide bonds. The Morgan fingerprint density at radius 1 is 1.26 bits per heavy atom.